The highest BCUT2D eigenvalue weighted by atomic mass is 35.5. The van der Waals surface area contributed by atoms with Crippen LogP contribution < -0.4 is 0 Å². The molecular formula is C9H18ClN. The molecule has 0 aliphatic heterocycles. The topological polar surface area (TPSA) is 3.24 Å². The van der Waals surface area contributed by atoms with E-state index in [1.807, 2.05) is 0 Å². The number of nitrogens with zero attached hydrogens (tertiary/aromatic N) is 1. The molecule has 0 aromatic rings. The average molecular weight is 176 g/mol. The third-order valence-electron chi connectivity index (χ3n) is 2.64. The second-order valence-electron chi connectivity index (χ2n) is 4.40. The van der Waals surface area contributed by atoms with Crippen molar-refractivity contribution in [3.8, 4) is 0 Å². The van der Waals surface area contributed by atoms with E-state index in [4.69, 9.17) is 11.6 Å². The molecule has 1 aliphatic carbocycles. The van der Waals surface area contributed by atoms with E-state index in [1.54, 1.807) is 0 Å². The average Bonchev–Trinajstić information content (AvgIpc) is 1.83. The standard InChI is InChI=1S/C9H18ClN/c1-9(2)6-8(7-9)11(3)5-4-10/h8H,4-7H2,1-3H3. The van der Waals surface area contributed by atoms with E-state index in [-0.39, 0.29) is 0 Å². The smallest absolute Gasteiger partial charge is 0.0351 e. The van der Waals surface area contributed by atoms with E-state index < -0.39 is 0 Å². The molecule has 66 valence electrons. The van der Waals surface area contributed by atoms with Crippen LogP contribution in [0.5, 0.6) is 0 Å². The van der Waals surface area contributed by atoms with E-state index in [1.165, 1.54) is 12.8 Å². The second-order valence-corrected chi connectivity index (χ2v) is 4.77. The summed E-state index contributed by atoms with van der Waals surface area (Å²) in [4.78, 5) is 2.37. The zero-order valence-corrected chi connectivity index (χ0v) is 8.49. The van der Waals surface area contributed by atoms with Crippen LogP contribution in [0.25, 0.3) is 0 Å². The van der Waals surface area contributed by atoms with Crippen molar-refractivity contribution in [2.75, 3.05) is 19.5 Å². The fourth-order valence-corrected chi connectivity index (χ4v) is 2.11. The van der Waals surface area contributed by atoms with Crippen LogP contribution in [0.4, 0.5) is 0 Å². The number of alkyl halides is 1. The predicted octanol–water partition coefficient (Wildman–Crippen LogP) is 2.35. The van der Waals surface area contributed by atoms with Gasteiger partial charge in [-0.1, -0.05) is 13.8 Å². The zero-order chi connectivity index (χ0) is 8.48. The first-order chi connectivity index (χ1) is 5.05. The fourth-order valence-electron chi connectivity index (χ4n) is 1.84. The van der Waals surface area contributed by atoms with Crippen LogP contribution in [-0.2, 0) is 0 Å². The van der Waals surface area contributed by atoms with Gasteiger partial charge in [0.25, 0.3) is 0 Å². The molecule has 1 nitrogen and oxygen atoms in total. The summed E-state index contributed by atoms with van der Waals surface area (Å²) in [5.41, 5.74) is 0.589. The molecule has 1 fully saturated rings. The molecule has 2 heteroatoms. The summed E-state index contributed by atoms with van der Waals surface area (Å²) in [7, 11) is 2.17. The molecule has 0 amide bonds. The molecule has 0 spiro atoms. The molecule has 0 saturated heterocycles. The third kappa shape index (κ3) is 2.34. The number of hydrogen-bond donors (Lipinski definition) is 0. The van der Waals surface area contributed by atoms with Gasteiger partial charge in [0, 0.05) is 18.5 Å². The van der Waals surface area contributed by atoms with Gasteiger partial charge in [0.05, 0.1) is 0 Å². The molecule has 0 aromatic carbocycles. The van der Waals surface area contributed by atoms with Gasteiger partial charge in [-0.15, -0.1) is 11.6 Å². The molecule has 0 atom stereocenters. The highest BCUT2D eigenvalue weighted by Crippen LogP contribution is 2.42. The minimum Gasteiger partial charge on any atom is -0.302 e. The van der Waals surface area contributed by atoms with Gasteiger partial charge < -0.3 is 4.90 Å². The Hall–Kier alpha value is 0.250. The van der Waals surface area contributed by atoms with Crippen LogP contribution in [0, 0.1) is 5.41 Å². The van der Waals surface area contributed by atoms with Crippen molar-refractivity contribution in [3.05, 3.63) is 0 Å². The zero-order valence-electron chi connectivity index (χ0n) is 7.73. The molecule has 1 rings (SSSR count). The summed E-state index contributed by atoms with van der Waals surface area (Å²) < 4.78 is 0. The molecule has 0 bridgehead atoms. The number of halogens is 1. The lowest BCUT2D eigenvalue weighted by Crippen LogP contribution is -2.47. The van der Waals surface area contributed by atoms with Gasteiger partial charge in [-0.2, -0.15) is 0 Å². The monoisotopic (exact) mass is 175 g/mol. The van der Waals surface area contributed by atoms with Crippen molar-refractivity contribution in [3.63, 3.8) is 0 Å². The summed E-state index contributed by atoms with van der Waals surface area (Å²) in [6.45, 7) is 5.69. The molecule has 0 N–H and O–H groups in total. The SMILES string of the molecule is CN(CCCl)C1CC(C)(C)C1. The second kappa shape index (κ2) is 3.32. The summed E-state index contributed by atoms with van der Waals surface area (Å²) in [5.74, 6) is 0.757. The highest BCUT2D eigenvalue weighted by molar-refractivity contribution is 6.18. The third-order valence-corrected chi connectivity index (χ3v) is 2.81. The Kier molecular flexibility index (Phi) is 2.82. The van der Waals surface area contributed by atoms with E-state index in [0.717, 1.165) is 18.5 Å². The molecule has 0 aromatic heterocycles. The van der Waals surface area contributed by atoms with Crippen molar-refractivity contribution in [1.82, 2.24) is 4.90 Å². The minimum absolute atomic E-state index is 0.589. The lowest BCUT2D eigenvalue weighted by Gasteiger charge is -2.47. The van der Waals surface area contributed by atoms with Gasteiger partial charge in [-0.05, 0) is 25.3 Å². The Morgan fingerprint density at radius 2 is 2.00 bits per heavy atom. The van der Waals surface area contributed by atoms with Crippen molar-refractivity contribution in [2.45, 2.75) is 32.7 Å². The van der Waals surface area contributed by atoms with Gasteiger partial charge in [0.15, 0.2) is 0 Å². The Balaban J connectivity index is 2.21. The first-order valence-corrected chi connectivity index (χ1v) is 4.85. The molecule has 0 heterocycles. The Bertz CT molecular complexity index is 126. The summed E-state index contributed by atoms with van der Waals surface area (Å²) in [5, 5.41) is 0. The van der Waals surface area contributed by atoms with Crippen molar-refractivity contribution >= 4 is 11.6 Å². The fraction of sp³-hybridized carbons (Fsp3) is 1.00. The first-order valence-electron chi connectivity index (χ1n) is 4.31. The minimum atomic E-state index is 0.589. The highest BCUT2D eigenvalue weighted by Gasteiger charge is 2.37. The van der Waals surface area contributed by atoms with Crippen LogP contribution >= 0.6 is 11.6 Å². The van der Waals surface area contributed by atoms with Crippen molar-refractivity contribution < 1.29 is 0 Å². The van der Waals surface area contributed by atoms with E-state index in [2.05, 4.69) is 25.8 Å². The van der Waals surface area contributed by atoms with Crippen LogP contribution in [0.2, 0.25) is 0 Å². The van der Waals surface area contributed by atoms with Gasteiger partial charge in [-0.25, -0.2) is 0 Å². The lowest BCUT2D eigenvalue weighted by atomic mass is 9.68. The van der Waals surface area contributed by atoms with E-state index >= 15 is 0 Å². The van der Waals surface area contributed by atoms with Crippen LogP contribution in [0.15, 0.2) is 0 Å². The molecule has 11 heavy (non-hydrogen) atoms. The Morgan fingerprint density at radius 1 is 1.45 bits per heavy atom. The summed E-state index contributed by atoms with van der Waals surface area (Å²) in [6, 6.07) is 0.795. The molecular weight excluding hydrogens is 158 g/mol. The lowest BCUT2D eigenvalue weighted by molar-refractivity contribution is 0.0455. The van der Waals surface area contributed by atoms with E-state index in [0.29, 0.717) is 5.41 Å². The van der Waals surface area contributed by atoms with Gasteiger partial charge >= 0.3 is 0 Å². The van der Waals surface area contributed by atoms with Crippen molar-refractivity contribution in [2.24, 2.45) is 5.41 Å². The molecule has 1 aliphatic rings. The van der Waals surface area contributed by atoms with Crippen LogP contribution in [0.3, 0.4) is 0 Å². The maximum absolute atomic E-state index is 5.65. The maximum atomic E-state index is 5.65. The van der Waals surface area contributed by atoms with Crippen LogP contribution in [-0.4, -0.2) is 30.4 Å². The molecule has 0 unspecified atom stereocenters. The van der Waals surface area contributed by atoms with Crippen molar-refractivity contribution in [1.29, 1.82) is 0 Å². The number of rotatable bonds is 3. The summed E-state index contributed by atoms with van der Waals surface area (Å²) >= 11 is 5.65. The first kappa shape index (κ1) is 9.34. The van der Waals surface area contributed by atoms with Gasteiger partial charge in [-0.3, -0.25) is 0 Å². The van der Waals surface area contributed by atoms with Crippen LogP contribution in [0.1, 0.15) is 26.7 Å². The predicted molar refractivity (Wildman–Crippen MR) is 50.2 cm³/mol. The Labute approximate surface area is 74.7 Å². The molecule has 0 radical (unpaired) electrons. The quantitative estimate of drug-likeness (QED) is 0.596. The van der Waals surface area contributed by atoms with E-state index in [9.17, 15) is 0 Å². The number of hydrogen-bond acceptors (Lipinski definition) is 1. The van der Waals surface area contributed by atoms with Gasteiger partial charge in [0.1, 0.15) is 0 Å². The normalized spacial score (nSPS) is 23.7. The molecule has 1 saturated carbocycles. The summed E-state index contributed by atoms with van der Waals surface area (Å²) in [6.07, 6.45) is 2.67. The largest absolute Gasteiger partial charge is 0.302 e. The maximum Gasteiger partial charge on any atom is 0.0351 e. The van der Waals surface area contributed by atoms with Gasteiger partial charge in [0.2, 0.25) is 0 Å². The Morgan fingerprint density at radius 3 is 2.36 bits per heavy atom.